The number of aromatic amines is 1. The van der Waals surface area contributed by atoms with E-state index in [1.807, 2.05) is 6.92 Å². The second-order valence-electron chi connectivity index (χ2n) is 20.1. The van der Waals surface area contributed by atoms with Gasteiger partial charge < -0.3 is 102 Å². The summed E-state index contributed by atoms with van der Waals surface area (Å²) in [5.74, 6) is -10.9. The maximum atomic E-state index is 14.7. The third-order valence-corrected chi connectivity index (χ3v) is 13.5. The molecular weight excluding hydrogens is 1070 g/mol. The molecule has 82 heavy (non-hydrogen) atoms. The second-order valence-corrected chi connectivity index (χ2v) is 20.1. The molecule has 0 spiro atoms. The number of aliphatic imine (C=N–C) groups is 1. The van der Waals surface area contributed by atoms with Gasteiger partial charge in [-0.1, -0.05) is 58.7 Å². The van der Waals surface area contributed by atoms with Crippen LogP contribution < -0.4 is 76.5 Å². The number of amides is 10. The molecule has 2 rings (SSSR count). The van der Waals surface area contributed by atoms with Crippen molar-refractivity contribution in [1.29, 1.82) is 0 Å². The molecule has 0 aliphatic carbocycles. The van der Waals surface area contributed by atoms with Gasteiger partial charge in [0.25, 0.3) is 0 Å². The lowest BCUT2D eigenvalue weighted by atomic mass is 9.95. The largest absolute Gasteiger partial charge is 0.394 e. The van der Waals surface area contributed by atoms with E-state index in [-0.39, 0.29) is 57.1 Å². The number of aliphatic hydroxyl groups is 3. The molecule has 1 heterocycles. The average Bonchev–Trinajstić information content (AvgIpc) is 3.96. The average molecular weight is 1160 g/mol. The van der Waals surface area contributed by atoms with Gasteiger partial charge in [-0.05, 0) is 76.0 Å². The summed E-state index contributed by atoms with van der Waals surface area (Å²) in [6.07, 6.45) is 0.845. The molecule has 1 aromatic carbocycles. The van der Waals surface area contributed by atoms with Gasteiger partial charge in [-0.3, -0.25) is 52.9 Å². The van der Waals surface area contributed by atoms with Crippen LogP contribution in [0.3, 0.4) is 0 Å². The number of hydrogen-bond acceptors (Lipinski definition) is 17. The van der Waals surface area contributed by atoms with Gasteiger partial charge in [-0.15, -0.1) is 0 Å². The molecular formula is C52H86N16O14. The molecule has 0 saturated heterocycles. The molecule has 30 nitrogen and oxygen atoms in total. The van der Waals surface area contributed by atoms with E-state index in [1.165, 1.54) is 6.92 Å². The zero-order valence-electron chi connectivity index (χ0n) is 47.3. The van der Waals surface area contributed by atoms with Gasteiger partial charge in [0.05, 0.1) is 37.8 Å². The van der Waals surface area contributed by atoms with Crippen LogP contribution in [0.2, 0.25) is 0 Å². The number of nitrogens with two attached hydrogens (primary N) is 5. The number of aldehydes is 1. The van der Waals surface area contributed by atoms with Gasteiger partial charge in [0.15, 0.2) is 5.96 Å². The zero-order chi connectivity index (χ0) is 61.8. The van der Waals surface area contributed by atoms with E-state index in [9.17, 15) is 68.1 Å². The summed E-state index contributed by atoms with van der Waals surface area (Å²) in [7, 11) is 0. The first kappa shape index (κ1) is 70.3. The van der Waals surface area contributed by atoms with Crippen LogP contribution >= 0.6 is 0 Å². The highest BCUT2D eigenvalue weighted by molar-refractivity contribution is 5.99. The molecule has 0 saturated carbocycles. The number of carbonyl (C=O) groups excluding carboxylic acids is 11. The van der Waals surface area contributed by atoms with Gasteiger partial charge in [-0.25, -0.2) is 0 Å². The summed E-state index contributed by atoms with van der Waals surface area (Å²) in [5.41, 5.74) is 28.8. The highest BCUT2D eigenvalue weighted by Gasteiger charge is 2.37. The van der Waals surface area contributed by atoms with Crippen molar-refractivity contribution in [2.75, 3.05) is 26.3 Å². The fourth-order valence-corrected chi connectivity index (χ4v) is 8.15. The molecule has 0 fully saturated rings. The fourth-order valence-electron chi connectivity index (χ4n) is 8.15. The van der Waals surface area contributed by atoms with Crippen molar-refractivity contribution >= 4 is 82.2 Å². The first-order valence-corrected chi connectivity index (χ1v) is 27.2. The lowest BCUT2D eigenvalue weighted by Crippen LogP contribution is -2.63. The standard InChI is InChI=1S/C52H86N16O14/c1-7-26(3)37(23-69)64-50(81)41(27(4)8-2)67-49(80)39(25-71)66-51(82)42(29(6)72)68-45(76)33(16-11-12-18-53)60-46(77)35(20-30-22-59-32-15-10-9-14-31(30)32)63-44(75)34(17-13-19-58-52(56)57)61-48(79)38(24-70)65-47(78)36(21-40(55)73)62-43(74)28(5)54/h9-10,14-15,22-23,26-29,33-39,41-42,59,70-72H,7-8,11-13,16-21,24-25,53-54H2,1-6H3,(H2,55,73)(H,60,77)(H,61,79)(H,62,74)(H,63,75)(H,64,81)(H,65,78)(H,66,82)(H,67,80)(H,68,76)(H4,56,57,58)/t26-,27-,28-,29+,33-,34-,35-,36-,37+,38-,39-,41-,42-/m0/s1. The number of fused-ring (bicyclic) bond motifs is 1. The van der Waals surface area contributed by atoms with E-state index in [0.29, 0.717) is 42.0 Å². The first-order valence-electron chi connectivity index (χ1n) is 27.2. The number of H-pyrrole nitrogens is 1. The molecule has 458 valence electrons. The van der Waals surface area contributed by atoms with Gasteiger partial charge in [-0.2, -0.15) is 0 Å². The first-order chi connectivity index (χ1) is 38.8. The van der Waals surface area contributed by atoms with E-state index in [0.717, 1.165) is 6.92 Å². The van der Waals surface area contributed by atoms with E-state index >= 15 is 0 Å². The number of carbonyl (C=O) groups is 11. The van der Waals surface area contributed by atoms with Crippen LogP contribution in [-0.4, -0.2) is 184 Å². The number of nitrogens with one attached hydrogen (secondary N) is 10. The maximum absolute atomic E-state index is 14.7. The normalized spacial score (nSPS) is 15.9. The predicted molar refractivity (Wildman–Crippen MR) is 300 cm³/mol. The van der Waals surface area contributed by atoms with Crippen LogP contribution in [0.5, 0.6) is 0 Å². The number of benzene rings is 1. The van der Waals surface area contributed by atoms with Crippen molar-refractivity contribution in [3.05, 3.63) is 36.0 Å². The Kier molecular flexibility index (Phi) is 30.7. The molecule has 23 N–H and O–H groups in total. The molecule has 0 unspecified atom stereocenters. The lowest BCUT2D eigenvalue weighted by Gasteiger charge is -2.29. The van der Waals surface area contributed by atoms with Crippen molar-refractivity contribution in [2.24, 2.45) is 45.5 Å². The summed E-state index contributed by atoms with van der Waals surface area (Å²) >= 11 is 0. The Balaban J connectivity index is 2.54. The van der Waals surface area contributed by atoms with Gasteiger partial charge in [0.1, 0.15) is 54.6 Å². The minimum Gasteiger partial charge on any atom is -0.394 e. The Morgan fingerprint density at radius 1 is 0.598 bits per heavy atom. The number of rotatable bonds is 38. The Bertz CT molecular complexity index is 2500. The van der Waals surface area contributed by atoms with Gasteiger partial charge >= 0.3 is 0 Å². The number of aliphatic hydroxyl groups excluding tert-OH is 3. The van der Waals surface area contributed by atoms with Crippen molar-refractivity contribution in [2.45, 2.75) is 166 Å². The molecule has 2 aromatic rings. The van der Waals surface area contributed by atoms with Crippen molar-refractivity contribution in [3.63, 3.8) is 0 Å². The highest BCUT2D eigenvalue weighted by atomic mass is 16.3. The Hall–Kier alpha value is -7.80. The number of para-hydroxylation sites is 1. The Morgan fingerprint density at radius 3 is 1.61 bits per heavy atom. The highest BCUT2D eigenvalue weighted by Crippen LogP contribution is 2.20. The van der Waals surface area contributed by atoms with E-state index in [2.05, 4.69) is 57.8 Å². The quantitative estimate of drug-likeness (QED) is 0.0129. The van der Waals surface area contributed by atoms with Crippen LogP contribution in [0.1, 0.15) is 98.5 Å². The summed E-state index contributed by atoms with van der Waals surface area (Å²) in [6, 6.07) is -7.72. The van der Waals surface area contributed by atoms with Crippen LogP contribution in [0.15, 0.2) is 35.5 Å². The summed E-state index contributed by atoms with van der Waals surface area (Å²) in [6.45, 7) is 7.59. The second kappa shape index (κ2) is 35.8. The number of nitrogens with zero attached hydrogens (tertiary/aromatic N) is 1. The number of unbranched alkanes of at least 4 members (excludes halogenated alkanes) is 1. The predicted octanol–water partition coefficient (Wildman–Crippen LogP) is -5.86. The monoisotopic (exact) mass is 1160 g/mol. The molecule has 0 radical (unpaired) electrons. The molecule has 0 aliphatic rings. The summed E-state index contributed by atoms with van der Waals surface area (Å²) in [4.78, 5) is 154. The number of aromatic nitrogens is 1. The van der Waals surface area contributed by atoms with E-state index < -0.39 is 151 Å². The fraction of sp³-hybridized carbons (Fsp3) is 0.615. The Morgan fingerprint density at radius 2 is 1.07 bits per heavy atom. The molecule has 30 heteroatoms. The van der Waals surface area contributed by atoms with Crippen LogP contribution in [-0.2, 0) is 59.2 Å². The molecule has 1 aromatic heterocycles. The summed E-state index contributed by atoms with van der Waals surface area (Å²) in [5, 5.41) is 54.1. The van der Waals surface area contributed by atoms with E-state index in [1.54, 1.807) is 51.2 Å². The molecule has 10 amide bonds. The van der Waals surface area contributed by atoms with Crippen molar-refractivity contribution in [1.82, 2.24) is 52.8 Å². The number of guanidine groups is 1. The minimum absolute atomic E-state index is 0.0397. The SMILES string of the molecule is CC[C@H](C)[C@H](NC(=O)[C@H](CO)NC(=O)[C@@H](NC(=O)[C@H](CCCCN)NC(=O)[C@H](Cc1c[nH]c2ccccc12)NC(=O)[C@H](CCCN=C(N)N)NC(=O)[C@H](CO)NC(=O)[C@H](CC(N)=O)NC(=O)[C@H](C)N)[C@@H](C)O)C(=O)N[C@H](C=O)[C@@H](C)CC. The van der Waals surface area contributed by atoms with Crippen LogP contribution in [0.25, 0.3) is 10.9 Å². The third kappa shape index (κ3) is 23.0. The topological polar surface area (TPSA) is 515 Å². The third-order valence-electron chi connectivity index (χ3n) is 13.5. The molecule has 13 atom stereocenters. The van der Waals surface area contributed by atoms with Gasteiger partial charge in [0, 0.05) is 30.1 Å². The molecule has 0 bridgehead atoms. The molecule has 0 aliphatic heterocycles. The number of primary amides is 1. The van der Waals surface area contributed by atoms with Crippen molar-refractivity contribution in [3.8, 4) is 0 Å². The lowest BCUT2D eigenvalue weighted by molar-refractivity contribution is -0.138. The van der Waals surface area contributed by atoms with Gasteiger partial charge in [0.2, 0.25) is 59.1 Å². The van der Waals surface area contributed by atoms with Crippen LogP contribution in [0, 0.1) is 11.8 Å². The Labute approximate surface area is 475 Å². The van der Waals surface area contributed by atoms with Crippen LogP contribution in [0.4, 0.5) is 0 Å². The maximum Gasteiger partial charge on any atom is 0.245 e. The van der Waals surface area contributed by atoms with E-state index in [4.69, 9.17) is 28.7 Å². The van der Waals surface area contributed by atoms with Crippen molar-refractivity contribution < 1.29 is 68.1 Å². The number of hydrogen-bond donors (Lipinski definition) is 18. The minimum atomic E-state index is -1.82. The zero-order valence-corrected chi connectivity index (χ0v) is 47.3. The smallest absolute Gasteiger partial charge is 0.245 e. The summed E-state index contributed by atoms with van der Waals surface area (Å²) < 4.78 is 0.